The van der Waals surface area contributed by atoms with Crippen LogP contribution >= 0.6 is 74.6 Å². The number of nitrogens with one attached hydrogen (secondary N) is 3. The van der Waals surface area contributed by atoms with E-state index in [9.17, 15) is 4.79 Å². The van der Waals surface area contributed by atoms with Crippen molar-refractivity contribution in [1.29, 1.82) is 0 Å². The van der Waals surface area contributed by atoms with Gasteiger partial charge < -0.3 is 16.0 Å². The Hall–Kier alpha value is -0.760. The SMILES string of the molecule is O=C(N[C@H](NC(=S)Nc1ccc(Br)cc1)C(Cl)(Cl)Cl)c1ccccc1Cl. The Morgan fingerprint density at radius 1 is 1.04 bits per heavy atom. The molecule has 26 heavy (non-hydrogen) atoms. The van der Waals surface area contributed by atoms with Crippen LogP contribution in [0.3, 0.4) is 0 Å². The van der Waals surface area contributed by atoms with Crippen molar-refractivity contribution in [3.05, 3.63) is 63.6 Å². The van der Waals surface area contributed by atoms with E-state index in [4.69, 9.17) is 58.6 Å². The summed E-state index contributed by atoms with van der Waals surface area (Å²) in [6.45, 7) is 0. The number of halogens is 5. The number of alkyl halides is 3. The number of carbonyl (C=O) groups is 1. The van der Waals surface area contributed by atoms with Gasteiger partial charge in [0, 0.05) is 10.2 Å². The summed E-state index contributed by atoms with van der Waals surface area (Å²) >= 11 is 32.5. The van der Waals surface area contributed by atoms with Gasteiger partial charge in [-0.05, 0) is 48.6 Å². The van der Waals surface area contributed by atoms with Crippen molar-refractivity contribution < 1.29 is 4.79 Å². The van der Waals surface area contributed by atoms with Crippen molar-refractivity contribution in [2.45, 2.75) is 9.96 Å². The third-order valence-electron chi connectivity index (χ3n) is 3.10. The van der Waals surface area contributed by atoms with E-state index in [0.29, 0.717) is 0 Å². The number of amides is 1. The van der Waals surface area contributed by atoms with Crippen LogP contribution < -0.4 is 16.0 Å². The van der Waals surface area contributed by atoms with Gasteiger partial charge in [-0.1, -0.05) is 74.5 Å². The highest BCUT2D eigenvalue weighted by molar-refractivity contribution is 9.10. The lowest BCUT2D eigenvalue weighted by Crippen LogP contribution is -2.56. The van der Waals surface area contributed by atoms with Crippen LogP contribution in [-0.4, -0.2) is 21.0 Å². The molecule has 0 radical (unpaired) electrons. The van der Waals surface area contributed by atoms with Crippen LogP contribution in [0.4, 0.5) is 5.69 Å². The van der Waals surface area contributed by atoms with Crippen LogP contribution in [-0.2, 0) is 0 Å². The average Bonchev–Trinajstić information content (AvgIpc) is 2.56. The quantitative estimate of drug-likeness (QED) is 0.285. The second kappa shape index (κ2) is 9.44. The number of hydrogen-bond donors (Lipinski definition) is 3. The molecule has 0 aliphatic heterocycles. The Balaban J connectivity index is 2.07. The predicted molar refractivity (Wildman–Crippen MR) is 116 cm³/mol. The van der Waals surface area contributed by atoms with Gasteiger partial charge in [-0.25, -0.2) is 0 Å². The molecule has 4 nitrogen and oxygen atoms in total. The van der Waals surface area contributed by atoms with E-state index in [1.54, 1.807) is 24.3 Å². The third-order valence-corrected chi connectivity index (χ3v) is 4.83. The lowest BCUT2D eigenvalue weighted by atomic mass is 10.2. The predicted octanol–water partition coefficient (Wildman–Crippen LogP) is 5.52. The monoisotopic (exact) mass is 513 g/mol. The van der Waals surface area contributed by atoms with Crippen molar-refractivity contribution in [3.8, 4) is 0 Å². The number of carbonyl (C=O) groups excluding carboxylic acids is 1. The van der Waals surface area contributed by atoms with Crippen molar-refractivity contribution in [2.24, 2.45) is 0 Å². The molecule has 1 amide bonds. The molecule has 2 rings (SSSR count). The zero-order valence-corrected chi connectivity index (χ0v) is 18.3. The van der Waals surface area contributed by atoms with E-state index in [-0.39, 0.29) is 15.7 Å². The fourth-order valence-corrected chi connectivity index (χ4v) is 2.93. The van der Waals surface area contributed by atoms with Crippen LogP contribution in [0.2, 0.25) is 5.02 Å². The second-order valence-electron chi connectivity index (χ2n) is 5.03. The maximum atomic E-state index is 12.4. The largest absolute Gasteiger partial charge is 0.339 e. The first-order valence-electron chi connectivity index (χ1n) is 7.12. The number of benzene rings is 2. The molecule has 0 saturated heterocycles. The van der Waals surface area contributed by atoms with Gasteiger partial charge in [0.15, 0.2) is 5.11 Å². The standard InChI is InChI=1S/C16H12BrCl4N3OS/c17-9-5-7-10(8-6-9)22-15(26)24-14(16(19,20)21)23-13(25)11-3-1-2-4-12(11)18/h1-8,14H,(H,23,25)(H2,22,24,26)/t14-/m1/s1. The molecule has 10 heteroatoms. The molecule has 0 unspecified atom stereocenters. The average molecular weight is 516 g/mol. The summed E-state index contributed by atoms with van der Waals surface area (Å²) in [7, 11) is 0. The summed E-state index contributed by atoms with van der Waals surface area (Å²) in [5, 5.41) is 8.75. The van der Waals surface area contributed by atoms with E-state index in [1.165, 1.54) is 0 Å². The van der Waals surface area contributed by atoms with Gasteiger partial charge in [0.05, 0.1) is 10.6 Å². The minimum Gasteiger partial charge on any atom is -0.339 e. The first kappa shape index (κ1) is 21.5. The van der Waals surface area contributed by atoms with Gasteiger partial charge in [-0.3, -0.25) is 4.79 Å². The molecule has 0 saturated carbocycles. The van der Waals surface area contributed by atoms with Crippen molar-refractivity contribution >= 4 is 91.3 Å². The zero-order valence-electron chi connectivity index (χ0n) is 12.9. The number of anilines is 1. The van der Waals surface area contributed by atoms with Gasteiger partial charge in [-0.2, -0.15) is 0 Å². The summed E-state index contributed by atoms with van der Waals surface area (Å²) in [5.41, 5.74) is 0.980. The Bertz CT molecular complexity index is 799. The van der Waals surface area contributed by atoms with Crippen molar-refractivity contribution in [3.63, 3.8) is 0 Å². The molecule has 0 fully saturated rings. The normalized spacial score (nSPS) is 12.2. The zero-order chi connectivity index (χ0) is 19.3. The highest BCUT2D eigenvalue weighted by Gasteiger charge is 2.35. The molecule has 3 N–H and O–H groups in total. The van der Waals surface area contributed by atoms with Crippen molar-refractivity contribution in [2.75, 3.05) is 5.32 Å². The molecular formula is C16H12BrCl4N3OS. The van der Waals surface area contributed by atoms with Crippen LogP contribution in [0.25, 0.3) is 0 Å². The molecule has 0 bridgehead atoms. The highest BCUT2D eigenvalue weighted by Crippen LogP contribution is 2.29. The fraction of sp³-hybridized carbons (Fsp3) is 0.125. The molecule has 0 aliphatic carbocycles. The summed E-state index contributed by atoms with van der Waals surface area (Å²) in [5.74, 6) is -0.508. The Kier molecular flexibility index (Phi) is 7.82. The number of hydrogen-bond acceptors (Lipinski definition) is 2. The molecule has 2 aromatic carbocycles. The van der Waals surface area contributed by atoms with Gasteiger partial charge in [0.2, 0.25) is 3.79 Å². The molecule has 138 valence electrons. The smallest absolute Gasteiger partial charge is 0.254 e. The van der Waals surface area contributed by atoms with E-state index < -0.39 is 15.9 Å². The van der Waals surface area contributed by atoms with Gasteiger partial charge in [0.25, 0.3) is 5.91 Å². The minimum absolute atomic E-state index is 0.170. The molecule has 1 atom stereocenters. The lowest BCUT2D eigenvalue weighted by Gasteiger charge is -2.28. The summed E-state index contributed by atoms with van der Waals surface area (Å²) in [6.07, 6.45) is -1.09. The van der Waals surface area contributed by atoms with Gasteiger partial charge >= 0.3 is 0 Å². The molecule has 0 heterocycles. The maximum absolute atomic E-state index is 12.4. The first-order valence-corrected chi connectivity index (χ1v) is 9.83. The van der Waals surface area contributed by atoms with E-state index >= 15 is 0 Å². The molecule has 0 aromatic heterocycles. The summed E-state index contributed by atoms with van der Waals surface area (Å²) in [4.78, 5) is 12.4. The van der Waals surface area contributed by atoms with Crippen LogP contribution in [0.5, 0.6) is 0 Å². The van der Waals surface area contributed by atoms with Crippen molar-refractivity contribution in [1.82, 2.24) is 10.6 Å². The number of thiocarbonyl (C=S) groups is 1. The third kappa shape index (κ3) is 6.44. The lowest BCUT2D eigenvalue weighted by molar-refractivity contribution is 0.0934. The maximum Gasteiger partial charge on any atom is 0.254 e. The van der Waals surface area contributed by atoms with Crippen LogP contribution in [0.1, 0.15) is 10.4 Å². The summed E-state index contributed by atoms with van der Waals surface area (Å²) < 4.78 is -0.935. The number of rotatable bonds is 4. The minimum atomic E-state index is -1.86. The molecule has 0 aliphatic rings. The van der Waals surface area contributed by atoms with E-state index in [1.807, 2.05) is 24.3 Å². The van der Waals surface area contributed by atoms with Crippen LogP contribution in [0, 0.1) is 0 Å². The topological polar surface area (TPSA) is 53.2 Å². The Morgan fingerprint density at radius 3 is 2.23 bits per heavy atom. The molecule has 2 aromatic rings. The van der Waals surface area contributed by atoms with Gasteiger partial charge in [-0.15, -0.1) is 0 Å². The molecular weight excluding hydrogens is 504 g/mol. The fourth-order valence-electron chi connectivity index (χ4n) is 1.89. The highest BCUT2D eigenvalue weighted by atomic mass is 79.9. The Labute approximate surface area is 184 Å². The molecule has 0 spiro atoms. The van der Waals surface area contributed by atoms with Crippen LogP contribution in [0.15, 0.2) is 53.0 Å². The summed E-state index contributed by atoms with van der Waals surface area (Å²) in [6, 6.07) is 13.8. The van der Waals surface area contributed by atoms with E-state index in [2.05, 4.69) is 31.9 Å². The van der Waals surface area contributed by atoms with E-state index in [0.717, 1.165) is 10.2 Å². The van der Waals surface area contributed by atoms with Gasteiger partial charge in [0.1, 0.15) is 6.17 Å². The second-order valence-corrected chi connectivity index (χ2v) is 9.13. The first-order chi connectivity index (χ1) is 12.2. The Morgan fingerprint density at radius 2 is 1.65 bits per heavy atom.